The number of amides is 1. The average molecular weight is 421 g/mol. The van der Waals surface area contributed by atoms with E-state index in [1.54, 1.807) is 10.4 Å². The number of sulfonamides is 1. The third kappa shape index (κ3) is 4.94. The van der Waals surface area contributed by atoms with E-state index >= 15 is 0 Å². The minimum Gasteiger partial charge on any atom is -0.481 e. The summed E-state index contributed by atoms with van der Waals surface area (Å²) in [4.78, 5) is 12.2. The third-order valence-corrected chi connectivity index (χ3v) is 7.16. The molecule has 1 fully saturated rings. The van der Waals surface area contributed by atoms with Crippen molar-refractivity contribution in [2.45, 2.75) is 50.1 Å². The fourth-order valence-corrected chi connectivity index (χ4v) is 5.49. The summed E-state index contributed by atoms with van der Waals surface area (Å²) in [7, 11) is -3.60. The lowest BCUT2D eigenvalue weighted by Crippen LogP contribution is -2.47. The molecule has 2 aromatic rings. The van der Waals surface area contributed by atoms with E-state index in [9.17, 15) is 17.6 Å². The predicted octanol–water partition coefficient (Wildman–Crippen LogP) is 3.79. The zero-order chi connectivity index (χ0) is 21.0. The van der Waals surface area contributed by atoms with E-state index in [0.717, 1.165) is 19.3 Å². The van der Waals surface area contributed by atoms with Gasteiger partial charge in [0.25, 0.3) is 5.91 Å². The van der Waals surface area contributed by atoms with E-state index < -0.39 is 21.7 Å². The highest BCUT2D eigenvalue weighted by molar-refractivity contribution is 7.89. The number of ether oxygens (including phenoxy) is 1. The molecule has 0 spiro atoms. The van der Waals surface area contributed by atoms with Crippen LogP contribution in [0.4, 0.5) is 10.1 Å². The Morgan fingerprint density at radius 2 is 1.72 bits per heavy atom. The van der Waals surface area contributed by atoms with Gasteiger partial charge >= 0.3 is 0 Å². The fourth-order valence-electron chi connectivity index (χ4n) is 3.61. The van der Waals surface area contributed by atoms with Gasteiger partial charge in [-0.1, -0.05) is 18.6 Å². The van der Waals surface area contributed by atoms with E-state index in [1.165, 1.54) is 42.5 Å². The third-order valence-electron chi connectivity index (χ3n) is 5.02. The van der Waals surface area contributed by atoms with Crippen LogP contribution in [0.2, 0.25) is 0 Å². The fraction of sp³-hybridized carbons (Fsp3) is 0.381. The Morgan fingerprint density at radius 3 is 2.34 bits per heavy atom. The van der Waals surface area contributed by atoms with E-state index in [2.05, 4.69) is 5.32 Å². The summed E-state index contributed by atoms with van der Waals surface area (Å²) in [6.45, 7) is 3.50. The van der Waals surface area contributed by atoms with Gasteiger partial charge in [-0.05, 0) is 63.1 Å². The first-order chi connectivity index (χ1) is 13.8. The minimum atomic E-state index is -3.60. The van der Waals surface area contributed by atoms with Gasteiger partial charge in [-0.2, -0.15) is 4.31 Å². The molecule has 0 saturated carbocycles. The number of carbonyl (C=O) groups is 1. The van der Waals surface area contributed by atoms with Crippen molar-refractivity contribution in [1.82, 2.24) is 4.31 Å². The van der Waals surface area contributed by atoms with Crippen LogP contribution in [0, 0.1) is 5.82 Å². The maximum absolute atomic E-state index is 13.5. The highest BCUT2D eigenvalue weighted by Crippen LogP contribution is 2.30. The molecule has 1 amide bonds. The summed E-state index contributed by atoms with van der Waals surface area (Å²) in [5, 5.41) is 2.61. The van der Waals surface area contributed by atoms with Gasteiger partial charge < -0.3 is 10.1 Å². The molecule has 2 unspecified atom stereocenters. The summed E-state index contributed by atoms with van der Waals surface area (Å²) in [5.74, 6) is -1.02. The van der Waals surface area contributed by atoms with Crippen LogP contribution < -0.4 is 10.1 Å². The van der Waals surface area contributed by atoms with Gasteiger partial charge in [-0.25, -0.2) is 12.8 Å². The molecule has 29 heavy (non-hydrogen) atoms. The zero-order valence-electron chi connectivity index (χ0n) is 16.5. The van der Waals surface area contributed by atoms with Crippen LogP contribution in [0.15, 0.2) is 53.4 Å². The number of anilines is 1. The average Bonchev–Trinajstić information content (AvgIpc) is 2.67. The van der Waals surface area contributed by atoms with E-state index in [1.807, 2.05) is 13.8 Å². The highest BCUT2D eigenvalue weighted by Gasteiger charge is 2.35. The number of halogens is 1. The molecule has 1 N–H and O–H groups in total. The topological polar surface area (TPSA) is 75.7 Å². The Kier molecular flexibility index (Phi) is 6.54. The molecule has 1 heterocycles. The normalized spacial score (nSPS) is 20.2. The van der Waals surface area contributed by atoms with Crippen LogP contribution in [0.3, 0.4) is 0 Å². The SMILES string of the molecule is CC1CCCC(C)N1S(=O)(=O)c1ccc(NC(=O)COc2ccccc2F)cc1. The molecule has 1 saturated heterocycles. The number of hydrogen-bond donors (Lipinski definition) is 1. The van der Waals surface area contributed by atoms with Gasteiger partial charge in [-0.3, -0.25) is 4.79 Å². The molecule has 0 aromatic heterocycles. The molecule has 1 aliphatic rings. The van der Waals surface area contributed by atoms with Crippen molar-refractivity contribution in [1.29, 1.82) is 0 Å². The number of carbonyl (C=O) groups excluding carboxylic acids is 1. The second-order valence-corrected chi connectivity index (χ2v) is 9.10. The second-order valence-electron chi connectivity index (χ2n) is 7.26. The predicted molar refractivity (Wildman–Crippen MR) is 109 cm³/mol. The van der Waals surface area contributed by atoms with Crippen LogP contribution in [0.1, 0.15) is 33.1 Å². The van der Waals surface area contributed by atoms with E-state index in [4.69, 9.17) is 4.74 Å². The first-order valence-corrected chi connectivity index (χ1v) is 11.0. The number of piperidine rings is 1. The molecule has 2 aromatic carbocycles. The number of para-hydroxylation sites is 1. The van der Waals surface area contributed by atoms with E-state index in [0.29, 0.717) is 5.69 Å². The van der Waals surface area contributed by atoms with Crippen molar-refractivity contribution in [3.63, 3.8) is 0 Å². The van der Waals surface area contributed by atoms with Gasteiger partial charge in [0.1, 0.15) is 0 Å². The van der Waals surface area contributed by atoms with Crippen LogP contribution in [-0.4, -0.2) is 37.3 Å². The monoisotopic (exact) mass is 420 g/mol. The number of nitrogens with zero attached hydrogens (tertiary/aromatic N) is 1. The highest BCUT2D eigenvalue weighted by atomic mass is 32.2. The Hall–Kier alpha value is -2.45. The zero-order valence-corrected chi connectivity index (χ0v) is 17.3. The van der Waals surface area contributed by atoms with Crippen molar-refractivity contribution >= 4 is 21.6 Å². The maximum atomic E-state index is 13.5. The van der Waals surface area contributed by atoms with Gasteiger partial charge in [0, 0.05) is 17.8 Å². The second kappa shape index (κ2) is 8.92. The Bertz CT molecular complexity index is 953. The van der Waals surface area contributed by atoms with Crippen molar-refractivity contribution < 1.29 is 22.3 Å². The van der Waals surface area contributed by atoms with Crippen molar-refractivity contribution in [2.75, 3.05) is 11.9 Å². The first kappa shape index (κ1) is 21.3. The standard InChI is InChI=1S/C21H25FN2O4S/c1-15-6-5-7-16(2)24(15)29(26,27)18-12-10-17(11-13-18)23-21(25)14-28-20-9-4-3-8-19(20)22/h3-4,8-13,15-16H,5-7,14H2,1-2H3,(H,23,25). The van der Waals surface area contributed by atoms with Crippen LogP contribution in [-0.2, 0) is 14.8 Å². The summed E-state index contributed by atoms with van der Waals surface area (Å²) in [6, 6.07) is 11.8. The number of hydrogen-bond acceptors (Lipinski definition) is 4. The number of nitrogens with one attached hydrogen (secondary N) is 1. The minimum absolute atomic E-state index is 0.00568. The molecule has 6 nitrogen and oxygen atoms in total. The Labute approximate surface area is 170 Å². The van der Waals surface area contributed by atoms with E-state index in [-0.39, 0.29) is 29.3 Å². The van der Waals surface area contributed by atoms with Crippen molar-refractivity contribution in [3.8, 4) is 5.75 Å². The summed E-state index contributed by atoms with van der Waals surface area (Å²) in [6.07, 6.45) is 2.72. The summed E-state index contributed by atoms with van der Waals surface area (Å²) < 4.78 is 46.3. The van der Waals surface area contributed by atoms with Crippen molar-refractivity contribution in [3.05, 3.63) is 54.3 Å². The molecule has 1 aliphatic heterocycles. The Balaban J connectivity index is 1.63. The van der Waals surface area contributed by atoms with Crippen molar-refractivity contribution in [2.24, 2.45) is 0 Å². The van der Waals surface area contributed by atoms with Crippen LogP contribution in [0.25, 0.3) is 0 Å². The number of rotatable bonds is 6. The summed E-state index contributed by atoms with van der Waals surface area (Å²) in [5.41, 5.74) is 0.436. The largest absolute Gasteiger partial charge is 0.481 e. The van der Waals surface area contributed by atoms with Crippen LogP contribution in [0.5, 0.6) is 5.75 Å². The maximum Gasteiger partial charge on any atom is 0.262 e. The molecular formula is C21H25FN2O4S. The van der Waals surface area contributed by atoms with Gasteiger partial charge in [0.05, 0.1) is 4.90 Å². The van der Waals surface area contributed by atoms with Gasteiger partial charge in [0.15, 0.2) is 18.2 Å². The molecular weight excluding hydrogens is 395 g/mol. The molecule has 0 radical (unpaired) electrons. The Morgan fingerprint density at radius 1 is 1.10 bits per heavy atom. The number of benzene rings is 2. The molecule has 8 heteroatoms. The molecule has 2 atom stereocenters. The molecule has 0 bridgehead atoms. The molecule has 3 rings (SSSR count). The lowest BCUT2D eigenvalue weighted by molar-refractivity contribution is -0.118. The quantitative estimate of drug-likeness (QED) is 0.771. The lowest BCUT2D eigenvalue weighted by Gasteiger charge is -2.37. The van der Waals surface area contributed by atoms with Gasteiger partial charge in [0.2, 0.25) is 10.0 Å². The van der Waals surface area contributed by atoms with Crippen LogP contribution >= 0.6 is 0 Å². The molecule has 156 valence electrons. The lowest BCUT2D eigenvalue weighted by atomic mass is 10.0. The first-order valence-electron chi connectivity index (χ1n) is 9.60. The summed E-state index contributed by atoms with van der Waals surface area (Å²) >= 11 is 0. The molecule has 0 aliphatic carbocycles. The smallest absolute Gasteiger partial charge is 0.262 e. The van der Waals surface area contributed by atoms with Gasteiger partial charge in [-0.15, -0.1) is 0 Å².